The van der Waals surface area contributed by atoms with Gasteiger partial charge in [-0.25, -0.2) is 8.42 Å². The van der Waals surface area contributed by atoms with E-state index < -0.39 is 10.0 Å². The molecule has 2 aromatic rings. The molecule has 0 saturated carbocycles. The summed E-state index contributed by atoms with van der Waals surface area (Å²) in [5.74, 6) is 0. The number of nitrogens with zero attached hydrogens (tertiary/aromatic N) is 3. The first-order valence-corrected chi connectivity index (χ1v) is 9.21. The Morgan fingerprint density at radius 1 is 1.17 bits per heavy atom. The number of hydrogen-bond acceptors (Lipinski definition) is 4. The lowest BCUT2D eigenvalue weighted by molar-refractivity contribution is 0.320. The molecule has 5 nitrogen and oxygen atoms in total. The van der Waals surface area contributed by atoms with Crippen molar-refractivity contribution in [3.8, 4) is 0 Å². The first-order chi connectivity index (χ1) is 11.1. The van der Waals surface area contributed by atoms with Gasteiger partial charge in [0.1, 0.15) is 4.90 Å². The standard InChI is InChI=1S/C17H21N3O2S/c1-19(23(21,22)17-10-5-11-18-13-17)16-9-6-12-20(14-16)15-7-3-2-4-8-15/h2-5,7-8,10-11,13,16H,6,9,12,14H2,1H3/t16-/m1/s1. The summed E-state index contributed by atoms with van der Waals surface area (Å²) in [6.45, 7) is 1.67. The third-order valence-electron chi connectivity index (χ3n) is 4.34. The van der Waals surface area contributed by atoms with Gasteiger partial charge in [-0.3, -0.25) is 4.98 Å². The molecule has 1 atom stereocenters. The second-order valence-corrected chi connectivity index (χ2v) is 7.79. The number of hydrogen-bond donors (Lipinski definition) is 0. The second kappa shape index (κ2) is 6.68. The molecule has 1 aromatic carbocycles. The number of pyridine rings is 1. The zero-order valence-corrected chi connectivity index (χ0v) is 14.0. The quantitative estimate of drug-likeness (QED) is 0.863. The van der Waals surface area contributed by atoms with Gasteiger partial charge in [0.15, 0.2) is 0 Å². The highest BCUT2D eigenvalue weighted by Gasteiger charge is 2.31. The van der Waals surface area contributed by atoms with Crippen molar-refractivity contribution in [1.29, 1.82) is 0 Å². The van der Waals surface area contributed by atoms with E-state index in [9.17, 15) is 8.42 Å². The van der Waals surface area contributed by atoms with Gasteiger partial charge < -0.3 is 4.90 Å². The molecule has 6 heteroatoms. The molecule has 0 unspecified atom stereocenters. The van der Waals surface area contributed by atoms with Crippen LogP contribution in [0.4, 0.5) is 5.69 Å². The van der Waals surface area contributed by atoms with Crippen LogP contribution in [0.3, 0.4) is 0 Å². The molecule has 3 rings (SSSR count). The number of para-hydroxylation sites is 1. The van der Waals surface area contributed by atoms with Crippen molar-refractivity contribution in [2.45, 2.75) is 23.8 Å². The van der Waals surface area contributed by atoms with Gasteiger partial charge in [-0.15, -0.1) is 0 Å². The molecule has 0 radical (unpaired) electrons. The highest BCUT2D eigenvalue weighted by molar-refractivity contribution is 7.89. The van der Waals surface area contributed by atoms with Crippen LogP contribution in [0.25, 0.3) is 0 Å². The Morgan fingerprint density at radius 2 is 1.96 bits per heavy atom. The number of sulfonamides is 1. The summed E-state index contributed by atoms with van der Waals surface area (Å²) < 4.78 is 27.0. The molecule has 1 saturated heterocycles. The van der Waals surface area contributed by atoms with Gasteiger partial charge in [-0.2, -0.15) is 4.31 Å². The van der Waals surface area contributed by atoms with E-state index >= 15 is 0 Å². The van der Waals surface area contributed by atoms with Crippen molar-refractivity contribution in [3.63, 3.8) is 0 Å². The molecule has 0 N–H and O–H groups in total. The van der Waals surface area contributed by atoms with Gasteiger partial charge in [-0.05, 0) is 37.1 Å². The molecule has 0 amide bonds. The minimum absolute atomic E-state index is 0.0332. The maximum Gasteiger partial charge on any atom is 0.244 e. The van der Waals surface area contributed by atoms with Crippen molar-refractivity contribution in [2.24, 2.45) is 0 Å². The SMILES string of the molecule is CN([C@@H]1CCCN(c2ccccc2)C1)S(=O)(=O)c1cccnc1. The van der Waals surface area contributed by atoms with Crippen molar-refractivity contribution in [2.75, 3.05) is 25.0 Å². The van der Waals surface area contributed by atoms with E-state index in [1.807, 2.05) is 18.2 Å². The molecule has 1 aliphatic heterocycles. The molecule has 2 heterocycles. The minimum Gasteiger partial charge on any atom is -0.370 e. The second-order valence-electron chi connectivity index (χ2n) is 5.79. The molecule has 122 valence electrons. The van der Waals surface area contributed by atoms with Gasteiger partial charge in [0.2, 0.25) is 10.0 Å². The topological polar surface area (TPSA) is 53.5 Å². The fourth-order valence-electron chi connectivity index (χ4n) is 2.99. The van der Waals surface area contributed by atoms with Gasteiger partial charge in [0, 0.05) is 44.3 Å². The molecular weight excluding hydrogens is 310 g/mol. The third kappa shape index (κ3) is 3.38. The first kappa shape index (κ1) is 16.0. The summed E-state index contributed by atoms with van der Waals surface area (Å²) in [7, 11) is -1.83. The number of anilines is 1. The highest BCUT2D eigenvalue weighted by Crippen LogP contribution is 2.25. The lowest BCUT2D eigenvalue weighted by atomic mass is 10.1. The summed E-state index contributed by atoms with van der Waals surface area (Å²) >= 11 is 0. The largest absolute Gasteiger partial charge is 0.370 e. The van der Waals surface area contributed by atoms with Crippen LogP contribution in [0.1, 0.15) is 12.8 Å². The number of piperidine rings is 1. The van der Waals surface area contributed by atoms with E-state index in [0.29, 0.717) is 6.54 Å². The fraction of sp³-hybridized carbons (Fsp3) is 0.353. The van der Waals surface area contributed by atoms with Crippen molar-refractivity contribution in [3.05, 3.63) is 54.9 Å². The Kier molecular flexibility index (Phi) is 4.63. The lowest BCUT2D eigenvalue weighted by Gasteiger charge is -2.38. The van der Waals surface area contributed by atoms with E-state index in [-0.39, 0.29) is 10.9 Å². The Bertz CT molecular complexity index is 735. The Hall–Kier alpha value is -1.92. The van der Waals surface area contributed by atoms with Gasteiger partial charge in [0.25, 0.3) is 0 Å². The van der Waals surface area contributed by atoms with Gasteiger partial charge >= 0.3 is 0 Å². The van der Waals surface area contributed by atoms with E-state index in [1.165, 1.54) is 10.5 Å². The van der Waals surface area contributed by atoms with E-state index in [2.05, 4.69) is 22.0 Å². The average Bonchev–Trinajstić information content (AvgIpc) is 2.62. The van der Waals surface area contributed by atoms with E-state index in [0.717, 1.165) is 25.1 Å². The Balaban J connectivity index is 1.78. The maximum atomic E-state index is 12.7. The molecule has 1 aromatic heterocycles. The summed E-state index contributed by atoms with van der Waals surface area (Å²) in [6, 6.07) is 13.4. The van der Waals surface area contributed by atoms with Crippen molar-refractivity contribution in [1.82, 2.24) is 9.29 Å². The van der Waals surface area contributed by atoms with E-state index in [1.54, 1.807) is 25.4 Å². The van der Waals surface area contributed by atoms with Crippen LogP contribution in [0, 0.1) is 0 Å². The van der Waals surface area contributed by atoms with Crippen LogP contribution < -0.4 is 4.90 Å². The zero-order chi connectivity index (χ0) is 16.3. The number of rotatable bonds is 4. The molecule has 1 aliphatic rings. The predicted octanol–water partition coefficient (Wildman–Crippen LogP) is 2.37. The van der Waals surface area contributed by atoms with E-state index in [4.69, 9.17) is 0 Å². The third-order valence-corrected chi connectivity index (χ3v) is 6.24. The fourth-order valence-corrected chi connectivity index (χ4v) is 4.33. The summed E-state index contributed by atoms with van der Waals surface area (Å²) in [6.07, 6.45) is 4.84. The molecular formula is C17H21N3O2S. The smallest absolute Gasteiger partial charge is 0.244 e. The Morgan fingerprint density at radius 3 is 2.65 bits per heavy atom. The highest BCUT2D eigenvalue weighted by atomic mass is 32.2. The predicted molar refractivity (Wildman–Crippen MR) is 90.9 cm³/mol. The summed E-state index contributed by atoms with van der Waals surface area (Å²) in [5.41, 5.74) is 1.14. The van der Waals surface area contributed by atoms with Gasteiger partial charge in [0.05, 0.1) is 0 Å². The molecule has 0 bridgehead atoms. The van der Waals surface area contributed by atoms with Crippen LogP contribution in [-0.4, -0.2) is 43.9 Å². The van der Waals surface area contributed by atoms with Crippen LogP contribution >= 0.6 is 0 Å². The number of benzene rings is 1. The normalized spacial score (nSPS) is 19.0. The summed E-state index contributed by atoms with van der Waals surface area (Å²) in [5, 5.41) is 0. The van der Waals surface area contributed by atoms with Crippen LogP contribution in [0.5, 0.6) is 0 Å². The van der Waals surface area contributed by atoms with Crippen molar-refractivity contribution < 1.29 is 8.42 Å². The van der Waals surface area contributed by atoms with Crippen LogP contribution in [-0.2, 0) is 10.0 Å². The first-order valence-electron chi connectivity index (χ1n) is 7.77. The van der Waals surface area contributed by atoms with Crippen LogP contribution in [0.15, 0.2) is 59.8 Å². The molecule has 23 heavy (non-hydrogen) atoms. The van der Waals surface area contributed by atoms with Crippen molar-refractivity contribution >= 4 is 15.7 Å². The van der Waals surface area contributed by atoms with Crippen LogP contribution in [0.2, 0.25) is 0 Å². The monoisotopic (exact) mass is 331 g/mol. The molecule has 1 fully saturated rings. The average molecular weight is 331 g/mol. The zero-order valence-electron chi connectivity index (χ0n) is 13.2. The number of aromatic nitrogens is 1. The van der Waals surface area contributed by atoms with Gasteiger partial charge in [-0.1, -0.05) is 18.2 Å². The maximum absolute atomic E-state index is 12.7. The lowest BCUT2D eigenvalue weighted by Crippen LogP contribution is -2.48. The summed E-state index contributed by atoms with van der Waals surface area (Å²) in [4.78, 5) is 6.43. The minimum atomic E-state index is -3.50. The molecule has 0 aliphatic carbocycles. The Labute approximate surface area is 137 Å². The number of likely N-dealkylation sites (N-methyl/N-ethyl adjacent to an activating group) is 1. The molecule has 0 spiro atoms.